The van der Waals surface area contributed by atoms with E-state index < -0.39 is 0 Å². The molecule has 1 aromatic rings. The predicted octanol–water partition coefficient (Wildman–Crippen LogP) is 1.43. The van der Waals surface area contributed by atoms with E-state index >= 15 is 0 Å². The first-order valence-corrected chi connectivity index (χ1v) is 7.48. The predicted molar refractivity (Wildman–Crippen MR) is 79.0 cm³/mol. The highest BCUT2D eigenvalue weighted by molar-refractivity contribution is 5.97. The van der Waals surface area contributed by atoms with Gasteiger partial charge < -0.3 is 14.5 Å². The normalized spacial score (nSPS) is 21.8. The molecule has 0 aliphatic carbocycles. The van der Waals surface area contributed by atoms with Crippen LogP contribution in [0.15, 0.2) is 30.3 Å². The van der Waals surface area contributed by atoms with Gasteiger partial charge in [-0.25, -0.2) is 0 Å². The molecule has 2 heterocycles. The topological polar surface area (TPSA) is 49.9 Å². The van der Waals surface area contributed by atoms with Crippen molar-refractivity contribution in [1.29, 1.82) is 0 Å². The lowest BCUT2D eigenvalue weighted by atomic mass is 10.1. The van der Waals surface area contributed by atoms with Gasteiger partial charge in [0, 0.05) is 25.3 Å². The molecule has 0 aromatic heterocycles. The quantitative estimate of drug-likeness (QED) is 0.842. The van der Waals surface area contributed by atoms with Gasteiger partial charge in [-0.1, -0.05) is 18.2 Å². The molecular formula is C16H20N2O3. The van der Waals surface area contributed by atoms with Gasteiger partial charge in [-0.15, -0.1) is 0 Å². The monoisotopic (exact) mass is 288 g/mol. The van der Waals surface area contributed by atoms with Crippen LogP contribution in [0.2, 0.25) is 0 Å². The van der Waals surface area contributed by atoms with E-state index in [9.17, 15) is 9.59 Å². The molecule has 112 valence electrons. The molecule has 3 rings (SSSR count). The van der Waals surface area contributed by atoms with E-state index in [0.717, 1.165) is 18.5 Å². The van der Waals surface area contributed by atoms with Crippen molar-refractivity contribution in [2.75, 3.05) is 31.2 Å². The molecule has 0 spiro atoms. The molecule has 2 amide bonds. The van der Waals surface area contributed by atoms with Crippen molar-refractivity contribution in [3.8, 4) is 0 Å². The van der Waals surface area contributed by atoms with E-state index in [0.29, 0.717) is 26.2 Å². The van der Waals surface area contributed by atoms with Gasteiger partial charge in [-0.3, -0.25) is 9.59 Å². The Kier molecular flexibility index (Phi) is 4.20. The summed E-state index contributed by atoms with van der Waals surface area (Å²) in [6, 6.07) is 9.71. The zero-order valence-corrected chi connectivity index (χ0v) is 12.0. The summed E-state index contributed by atoms with van der Waals surface area (Å²) < 4.78 is 5.43. The van der Waals surface area contributed by atoms with Crippen LogP contribution in [0.25, 0.3) is 0 Å². The number of carbonyl (C=O) groups excluding carboxylic acids is 2. The third-order valence-corrected chi connectivity index (χ3v) is 4.07. The van der Waals surface area contributed by atoms with Crippen molar-refractivity contribution in [2.45, 2.75) is 25.3 Å². The Hall–Kier alpha value is -1.88. The number of likely N-dealkylation sites (tertiary alicyclic amines) is 1. The van der Waals surface area contributed by atoms with E-state index in [4.69, 9.17) is 4.74 Å². The SMILES string of the molecule is O=C1CCCN1CC(=O)N(c1ccccc1)[C@H]1CCOC1. The van der Waals surface area contributed by atoms with Gasteiger partial charge in [-0.2, -0.15) is 0 Å². The number of anilines is 1. The second kappa shape index (κ2) is 6.26. The number of hydrogen-bond donors (Lipinski definition) is 0. The Balaban J connectivity index is 1.77. The lowest BCUT2D eigenvalue weighted by molar-refractivity contribution is -0.132. The van der Waals surface area contributed by atoms with Crippen molar-refractivity contribution in [3.63, 3.8) is 0 Å². The van der Waals surface area contributed by atoms with E-state index in [1.807, 2.05) is 30.3 Å². The number of amides is 2. The fourth-order valence-electron chi connectivity index (χ4n) is 2.98. The Labute approximate surface area is 124 Å². The second-order valence-electron chi connectivity index (χ2n) is 5.54. The number of benzene rings is 1. The number of rotatable bonds is 4. The standard InChI is InChI=1S/C16H20N2O3/c19-15-7-4-9-17(15)11-16(20)18(14-8-10-21-12-14)13-5-2-1-3-6-13/h1-3,5-6,14H,4,7-12H2/t14-/m0/s1. The Morgan fingerprint density at radius 3 is 2.76 bits per heavy atom. The number of carbonyl (C=O) groups is 2. The van der Waals surface area contributed by atoms with Crippen LogP contribution >= 0.6 is 0 Å². The maximum atomic E-state index is 12.7. The van der Waals surface area contributed by atoms with Gasteiger partial charge in [0.15, 0.2) is 0 Å². The molecule has 2 saturated heterocycles. The lowest BCUT2D eigenvalue weighted by Crippen LogP contribution is -2.46. The van der Waals surface area contributed by atoms with Gasteiger partial charge in [0.2, 0.25) is 11.8 Å². The zero-order valence-electron chi connectivity index (χ0n) is 12.0. The van der Waals surface area contributed by atoms with E-state index in [2.05, 4.69) is 0 Å². The number of para-hydroxylation sites is 1. The van der Waals surface area contributed by atoms with Crippen LogP contribution in [0, 0.1) is 0 Å². The van der Waals surface area contributed by atoms with Gasteiger partial charge in [-0.05, 0) is 25.0 Å². The molecule has 5 heteroatoms. The molecular weight excluding hydrogens is 268 g/mol. The molecule has 0 saturated carbocycles. The molecule has 1 atom stereocenters. The van der Waals surface area contributed by atoms with Crippen molar-refractivity contribution < 1.29 is 14.3 Å². The van der Waals surface area contributed by atoms with Crippen LogP contribution in [0.1, 0.15) is 19.3 Å². The minimum absolute atomic E-state index is 0.0213. The minimum Gasteiger partial charge on any atom is -0.379 e. The third kappa shape index (κ3) is 3.08. The third-order valence-electron chi connectivity index (χ3n) is 4.07. The van der Waals surface area contributed by atoms with Crippen LogP contribution < -0.4 is 4.90 Å². The van der Waals surface area contributed by atoms with Crippen molar-refractivity contribution in [2.24, 2.45) is 0 Å². The van der Waals surface area contributed by atoms with E-state index in [-0.39, 0.29) is 24.4 Å². The first-order valence-electron chi connectivity index (χ1n) is 7.48. The van der Waals surface area contributed by atoms with Crippen LogP contribution in [-0.4, -0.2) is 49.1 Å². The fraction of sp³-hybridized carbons (Fsp3) is 0.500. The molecule has 2 aliphatic rings. The highest BCUT2D eigenvalue weighted by Gasteiger charge is 2.31. The highest BCUT2D eigenvalue weighted by atomic mass is 16.5. The fourth-order valence-corrected chi connectivity index (χ4v) is 2.98. The average Bonchev–Trinajstić information content (AvgIpc) is 3.14. The van der Waals surface area contributed by atoms with Crippen molar-refractivity contribution in [1.82, 2.24) is 4.90 Å². The van der Waals surface area contributed by atoms with E-state index in [1.165, 1.54) is 0 Å². The van der Waals surface area contributed by atoms with Gasteiger partial charge in [0.1, 0.15) is 6.54 Å². The molecule has 0 bridgehead atoms. The molecule has 2 fully saturated rings. The van der Waals surface area contributed by atoms with Crippen LogP contribution in [0.4, 0.5) is 5.69 Å². The Bertz CT molecular complexity index is 512. The number of nitrogens with zero attached hydrogens (tertiary/aromatic N) is 2. The number of ether oxygens (including phenoxy) is 1. The second-order valence-corrected chi connectivity index (χ2v) is 5.54. The molecule has 1 aromatic carbocycles. The first-order chi connectivity index (χ1) is 10.3. The first kappa shape index (κ1) is 14.1. The van der Waals surface area contributed by atoms with Crippen molar-refractivity contribution in [3.05, 3.63) is 30.3 Å². The number of hydrogen-bond acceptors (Lipinski definition) is 3. The van der Waals surface area contributed by atoms with Gasteiger partial charge in [0.25, 0.3) is 0 Å². The molecule has 2 aliphatic heterocycles. The summed E-state index contributed by atoms with van der Waals surface area (Å²) in [5, 5.41) is 0. The van der Waals surface area contributed by atoms with Gasteiger partial charge in [0.05, 0.1) is 12.6 Å². The summed E-state index contributed by atoms with van der Waals surface area (Å²) >= 11 is 0. The van der Waals surface area contributed by atoms with Crippen LogP contribution in [0.5, 0.6) is 0 Å². The molecule has 0 radical (unpaired) electrons. The molecule has 5 nitrogen and oxygen atoms in total. The van der Waals surface area contributed by atoms with E-state index in [1.54, 1.807) is 9.80 Å². The van der Waals surface area contributed by atoms with Gasteiger partial charge >= 0.3 is 0 Å². The average molecular weight is 288 g/mol. The molecule has 0 unspecified atom stereocenters. The summed E-state index contributed by atoms with van der Waals surface area (Å²) in [5.74, 6) is 0.0611. The molecule has 21 heavy (non-hydrogen) atoms. The zero-order chi connectivity index (χ0) is 14.7. The summed E-state index contributed by atoms with van der Waals surface area (Å²) in [5.41, 5.74) is 0.879. The lowest BCUT2D eigenvalue weighted by Gasteiger charge is -2.30. The van der Waals surface area contributed by atoms with Crippen molar-refractivity contribution >= 4 is 17.5 Å². The summed E-state index contributed by atoms with van der Waals surface area (Å²) in [6.45, 7) is 2.11. The minimum atomic E-state index is -0.0213. The Morgan fingerprint density at radius 2 is 2.14 bits per heavy atom. The van der Waals surface area contributed by atoms with Crippen LogP contribution in [0.3, 0.4) is 0 Å². The summed E-state index contributed by atoms with van der Waals surface area (Å²) in [7, 11) is 0. The molecule has 0 N–H and O–H groups in total. The summed E-state index contributed by atoms with van der Waals surface area (Å²) in [4.78, 5) is 27.9. The van der Waals surface area contributed by atoms with Crippen LogP contribution in [-0.2, 0) is 14.3 Å². The maximum Gasteiger partial charge on any atom is 0.246 e. The summed E-state index contributed by atoms with van der Waals surface area (Å²) in [6.07, 6.45) is 2.25. The Morgan fingerprint density at radius 1 is 1.33 bits per heavy atom. The highest BCUT2D eigenvalue weighted by Crippen LogP contribution is 2.22. The maximum absolute atomic E-state index is 12.7. The largest absolute Gasteiger partial charge is 0.379 e. The smallest absolute Gasteiger partial charge is 0.246 e.